The minimum absolute atomic E-state index is 0.854. The summed E-state index contributed by atoms with van der Waals surface area (Å²) < 4.78 is 0. The minimum Gasteiger partial charge on any atom is -0.0651 e. The van der Waals surface area contributed by atoms with Crippen LogP contribution in [0.1, 0.15) is 60.8 Å². The maximum Gasteiger partial charge on any atom is -0.0389 e. The van der Waals surface area contributed by atoms with Crippen molar-refractivity contribution in [2.24, 2.45) is 23.7 Å². The number of rotatable bonds is 6. The van der Waals surface area contributed by atoms with Gasteiger partial charge in [-0.15, -0.1) is 0 Å². The summed E-state index contributed by atoms with van der Waals surface area (Å²) in [6.07, 6.45) is 4.08. The Morgan fingerprint density at radius 2 is 1.31 bits per heavy atom. The molecule has 0 aromatic carbocycles. The second kappa shape index (κ2) is 6.45. The first-order valence-corrected chi connectivity index (χ1v) is 6.02. The van der Waals surface area contributed by atoms with Gasteiger partial charge in [-0.1, -0.05) is 54.4 Å². The lowest BCUT2D eigenvalue weighted by Crippen LogP contribution is -2.19. The predicted octanol–water partition coefficient (Wildman–Crippen LogP) is 4.74. The maximum atomic E-state index is 2.44. The van der Waals surface area contributed by atoms with E-state index in [0.29, 0.717) is 0 Å². The van der Waals surface area contributed by atoms with Crippen molar-refractivity contribution in [3.63, 3.8) is 0 Å². The molecule has 2 atom stereocenters. The van der Waals surface area contributed by atoms with E-state index in [1.54, 1.807) is 0 Å². The zero-order valence-corrected chi connectivity index (χ0v) is 10.4. The van der Waals surface area contributed by atoms with Crippen LogP contribution >= 0.6 is 0 Å². The molecule has 0 bridgehead atoms. The average Bonchev–Trinajstić information content (AvgIpc) is 2.05. The van der Waals surface area contributed by atoms with E-state index in [4.69, 9.17) is 0 Å². The van der Waals surface area contributed by atoms with Crippen LogP contribution in [0.4, 0.5) is 0 Å². The molecule has 0 fully saturated rings. The summed E-state index contributed by atoms with van der Waals surface area (Å²) in [5.41, 5.74) is 0. The first-order chi connectivity index (χ1) is 6.02. The SMILES string of the molecule is CCC(CC)C(C)C(C)CC(C)C. The van der Waals surface area contributed by atoms with Crippen LogP contribution in [0.3, 0.4) is 0 Å². The highest BCUT2D eigenvalue weighted by molar-refractivity contribution is 4.70. The molecule has 0 amide bonds. The van der Waals surface area contributed by atoms with E-state index in [0.717, 1.165) is 23.7 Å². The van der Waals surface area contributed by atoms with Gasteiger partial charge in [-0.2, -0.15) is 0 Å². The van der Waals surface area contributed by atoms with E-state index in [-0.39, 0.29) is 0 Å². The fourth-order valence-corrected chi connectivity index (χ4v) is 2.46. The van der Waals surface area contributed by atoms with Crippen LogP contribution in [0.2, 0.25) is 0 Å². The molecule has 0 aliphatic carbocycles. The van der Waals surface area contributed by atoms with Gasteiger partial charge in [-0.05, 0) is 30.1 Å². The molecule has 2 unspecified atom stereocenters. The van der Waals surface area contributed by atoms with Gasteiger partial charge in [0.15, 0.2) is 0 Å². The van der Waals surface area contributed by atoms with Gasteiger partial charge < -0.3 is 0 Å². The number of hydrogen-bond acceptors (Lipinski definition) is 0. The molecule has 0 heteroatoms. The molecule has 0 radical (unpaired) electrons. The Balaban J connectivity index is 3.98. The lowest BCUT2D eigenvalue weighted by atomic mass is 9.78. The van der Waals surface area contributed by atoms with Crippen LogP contribution in [-0.4, -0.2) is 0 Å². The van der Waals surface area contributed by atoms with Crippen molar-refractivity contribution in [1.82, 2.24) is 0 Å². The predicted molar refractivity (Wildman–Crippen MR) is 61.9 cm³/mol. The first-order valence-electron chi connectivity index (χ1n) is 6.02. The fourth-order valence-electron chi connectivity index (χ4n) is 2.46. The van der Waals surface area contributed by atoms with Crippen molar-refractivity contribution in [3.8, 4) is 0 Å². The monoisotopic (exact) mass is 184 g/mol. The molecule has 0 aromatic rings. The smallest absolute Gasteiger partial charge is 0.0389 e. The van der Waals surface area contributed by atoms with E-state index >= 15 is 0 Å². The minimum atomic E-state index is 0.854. The molecule has 0 heterocycles. The summed E-state index contributed by atoms with van der Waals surface area (Å²) >= 11 is 0. The van der Waals surface area contributed by atoms with Gasteiger partial charge in [-0.25, -0.2) is 0 Å². The summed E-state index contributed by atoms with van der Waals surface area (Å²) in [4.78, 5) is 0. The van der Waals surface area contributed by atoms with Gasteiger partial charge >= 0.3 is 0 Å². The van der Waals surface area contributed by atoms with Crippen LogP contribution in [0.5, 0.6) is 0 Å². The van der Waals surface area contributed by atoms with Crippen molar-refractivity contribution in [2.75, 3.05) is 0 Å². The van der Waals surface area contributed by atoms with Crippen molar-refractivity contribution < 1.29 is 0 Å². The van der Waals surface area contributed by atoms with Gasteiger partial charge in [0.1, 0.15) is 0 Å². The quantitative estimate of drug-likeness (QED) is 0.559. The molecule has 0 nitrogen and oxygen atoms in total. The standard InChI is InChI=1S/C13H28/c1-7-13(8-2)12(6)11(5)9-10(3)4/h10-13H,7-9H2,1-6H3. The highest BCUT2D eigenvalue weighted by atomic mass is 14.3. The van der Waals surface area contributed by atoms with Crippen molar-refractivity contribution >= 4 is 0 Å². The largest absolute Gasteiger partial charge is 0.0651 e. The van der Waals surface area contributed by atoms with Gasteiger partial charge in [0.25, 0.3) is 0 Å². The molecule has 0 saturated heterocycles. The molecule has 0 spiro atoms. The van der Waals surface area contributed by atoms with E-state index in [9.17, 15) is 0 Å². The lowest BCUT2D eigenvalue weighted by molar-refractivity contribution is 0.221. The second-order valence-corrected chi connectivity index (χ2v) is 5.04. The Morgan fingerprint density at radius 1 is 0.846 bits per heavy atom. The van der Waals surface area contributed by atoms with E-state index in [2.05, 4.69) is 41.5 Å². The Hall–Kier alpha value is 0. The van der Waals surface area contributed by atoms with Gasteiger partial charge in [-0.3, -0.25) is 0 Å². The maximum absolute atomic E-state index is 2.44. The summed E-state index contributed by atoms with van der Waals surface area (Å²) in [6, 6.07) is 0. The Labute approximate surface area is 85.1 Å². The lowest BCUT2D eigenvalue weighted by Gasteiger charge is -2.28. The zero-order valence-electron chi connectivity index (χ0n) is 10.4. The molecule has 13 heavy (non-hydrogen) atoms. The Bertz CT molecular complexity index is 111. The van der Waals surface area contributed by atoms with Crippen LogP contribution in [0, 0.1) is 23.7 Å². The molecule has 80 valence electrons. The molecule has 0 aliphatic rings. The van der Waals surface area contributed by atoms with E-state index < -0.39 is 0 Å². The van der Waals surface area contributed by atoms with Gasteiger partial charge in [0.2, 0.25) is 0 Å². The van der Waals surface area contributed by atoms with Crippen LogP contribution in [0.15, 0.2) is 0 Å². The van der Waals surface area contributed by atoms with Gasteiger partial charge in [0, 0.05) is 0 Å². The molecule has 0 N–H and O–H groups in total. The Morgan fingerprint density at radius 3 is 1.62 bits per heavy atom. The van der Waals surface area contributed by atoms with E-state index in [1.165, 1.54) is 19.3 Å². The van der Waals surface area contributed by atoms with Crippen LogP contribution in [0.25, 0.3) is 0 Å². The summed E-state index contributed by atoms with van der Waals surface area (Å²) in [5.74, 6) is 3.59. The number of hydrogen-bond donors (Lipinski definition) is 0. The molecule has 0 saturated carbocycles. The molecule has 0 rings (SSSR count). The molecule has 0 aliphatic heterocycles. The van der Waals surface area contributed by atoms with Crippen molar-refractivity contribution in [1.29, 1.82) is 0 Å². The van der Waals surface area contributed by atoms with Crippen molar-refractivity contribution in [2.45, 2.75) is 60.8 Å². The summed E-state index contributed by atoms with van der Waals surface area (Å²) in [7, 11) is 0. The second-order valence-electron chi connectivity index (χ2n) is 5.04. The third-order valence-electron chi connectivity index (χ3n) is 3.53. The molecule has 0 aromatic heterocycles. The molecular weight excluding hydrogens is 156 g/mol. The van der Waals surface area contributed by atoms with Crippen LogP contribution < -0.4 is 0 Å². The summed E-state index contributed by atoms with van der Waals surface area (Å²) in [5, 5.41) is 0. The van der Waals surface area contributed by atoms with Crippen LogP contribution in [-0.2, 0) is 0 Å². The first kappa shape index (κ1) is 13.0. The highest BCUT2D eigenvalue weighted by Crippen LogP contribution is 2.29. The normalized spacial score (nSPS) is 16.6. The highest BCUT2D eigenvalue weighted by Gasteiger charge is 2.20. The fraction of sp³-hybridized carbons (Fsp3) is 1.00. The van der Waals surface area contributed by atoms with Gasteiger partial charge in [0.05, 0.1) is 0 Å². The zero-order chi connectivity index (χ0) is 10.4. The third kappa shape index (κ3) is 4.69. The Kier molecular flexibility index (Phi) is 6.45. The van der Waals surface area contributed by atoms with E-state index in [1.807, 2.05) is 0 Å². The van der Waals surface area contributed by atoms with Crippen molar-refractivity contribution in [3.05, 3.63) is 0 Å². The third-order valence-corrected chi connectivity index (χ3v) is 3.53. The average molecular weight is 184 g/mol. The summed E-state index contributed by atoms with van der Waals surface area (Å²) in [6.45, 7) is 14.2. The molecular formula is C13H28. The topological polar surface area (TPSA) is 0 Å².